The Bertz CT molecular complexity index is 433. The van der Waals surface area contributed by atoms with Gasteiger partial charge in [0.2, 0.25) is 0 Å². The molecule has 1 fully saturated rings. The van der Waals surface area contributed by atoms with Crippen molar-refractivity contribution in [3.63, 3.8) is 0 Å². The summed E-state index contributed by atoms with van der Waals surface area (Å²) in [4.78, 5) is 0. The molecule has 1 aromatic carbocycles. The molecule has 1 aliphatic heterocycles. The summed E-state index contributed by atoms with van der Waals surface area (Å²) in [5.41, 5.74) is 1.59. The molecule has 1 aromatic rings. The molecule has 4 nitrogen and oxygen atoms in total. The average Bonchev–Trinajstić information content (AvgIpc) is 2.46. The summed E-state index contributed by atoms with van der Waals surface area (Å²) in [5, 5.41) is 15.6. The number of piperidine rings is 1. The van der Waals surface area contributed by atoms with Crippen LogP contribution in [0, 0.1) is 17.2 Å². The molecule has 2 N–H and O–H groups in total. The highest BCUT2D eigenvalue weighted by Crippen LogP contribution is 2.26. The highest BCUT2D eigenvalue weighted by Gasteiger charge is 2.13. The van der Waals surface area contributed by atoms with Gasteiger partial charge >= 0.3 is 0 Å². The highest BCUT2D eigenvalue weighted by molar-refractivity contribution is 5.59. The van der Waals surface area contributed by atoms with E-state index in [1.807, 2.05) is 12.1 Å². The monoisotopic (exact) mass is 245 g/mol. The van der Waals surface area contributed by atoms with E-state index in [4.69, 9.17) is 10.00 Å². The van der Waals surface area contributed by atoms with Gasteiger partial charge in [0.1, 0.15) is 5.75 Å². The summed E-state index contributed by atoms with van der Waals surface area (Å²) in [6.07, 6.45) is 2.43. The zero-order chi connectivity index (χ0) is 12.8. The van der Waals surface area contributed by atoms with Crippen LogP contribution in [0.5, 0.6) is 5.75 Å². The van der Waals surface area contributed by atoms with Crippen LogP contribution in [0.25, 0.3) is 0 Å². The van der Waals surface area contributed by atoms with Gasteiger partial charge in [-0.3, -0.25) is 0 Å². The van der Waals surface area contributed by atoms with Crippen LogP contribution in [0.3, 0.4) is 0 Å². The first-order valence-corrected chi connectivity index (χ1v) is 6.36. The summed E-state index contributed by atoms with van der Waals surface area (Å²) < 4.78 is 5.30. The van der Waals surface area contributed by atoms with Gasteiger partial charge in [-0.2, -0.15) is 5.26 Å². The summed E-state index contributed by atoms with van der Waals surface area (Å²) in [6, 6.07) is 7.61. The van der Waals surface area contributed by atoms with E-state index in [-0.39, 0.29) is 0 Å². The van der Waals surface area contributed by atoms with Crippen LogP contribution >= 0.6 is 0 Å². The molecule has 0 saturated carbocycles. The molecule has 0 amide bonds. The third-order valence-electron chi connectivity index (χ3n) is 3.37. The van der Waals surface area contributed by atoms with E-state index in [9.17, 15) is 0 Å². The van der Waals surface area contributed by atoms with Crippen molar-refractivity contribution >= 4 is 5.69 Å². The molecule has 1 aliphatic rings. The van der Waals surface area contributed by atoms with Gasteiger partial charge in [-0.15, -0.1) is 0 Å². The van der Waals surface area contributed by atoms with E-state index < -0.39 is 0 Å². The van der Waals surface area contributed by atoms with Gasteiger partial charge in [-0.25, -0.2) is 0 Å². The van der Waals surface area contributed by atoms with Gasteiger partial charge in [0, 0.05) is 12.6 Å². The molecule has 0 radical (unpaired) electrons. The quantitative estimate of drug-likeness (QED) is 0.851. The summed E-state index contributed by atoms with van der Waals surface area (Å²) in [7, 11) is 1.63. The number of hydrogen-bond donors (Lipinski definition) is 2. The Balaban J connectivity index is 1.98. The van der Waals surface area contributed by atoms with Gasteiger partial charge < -0.3 is 15.4 Å². The van der Waals surface area contributed by atoms with Gasteiger partial charge in [-0.1, -0.05) is 0 Å². The summed E-state index contributed by atoms with van der Waals surface area (Å²) in [6.45, 7) is 3.18. The number of rotatable bonds is 4. The van der Waals surface area contributed by atoms with Crippen LogP contribution in [-0.4, -0.2) is 26.7 Å². The molecular formula is C14H19N3O. The number of nitriles is 1. The van der Waals surface area contributed by atoms with Crippen molar-refractivity contribution in [1.29, 1.82) is 5.26 Å². The average molecular weight is 245 g/mol. The first kappa shape index (κ1) is 12.7. The second kappa shape index (κ2) is 6.27. The van der Waals surface area contributed by atoms with Crippen LogP contribution in [0.4, 0.5) is 5.69 Å². The number of ether oxygens (including phenoxy) is 1. The number of nitrogens with one attached hydrogen (secondary N) is 2. The molecule has 0 aromatic heterocycles. The number of nitrogens with zero attached hydrogens (tertiary/aromatic N) is 1. The Morgan fingerprint density at radius 2 is 2.22 bits per heavy atom. The van der Waals surface area contributed by atoms with Crippen LogP contribution in [-0.2, 0) is 0 Å². The Morgan fingerprint density at radius 1 is 1.44 bits per heavy atom. The van der Waals surface area contributed by atoms with E-state index in [0.717, 1.165) is 31.1 Å². The number of hydrogen-bond acceptors (Lipinski definition) is 4. The fourth-order valence-corrected chi connectivity index (χ4v) is 2.25. The lowest BCUT2D eigenvalue weighted by atomic mass is 9.98. The van der Waals surface area contributed by atoms with Crippen LogP contribution in [0.15, 0.2) is 18.2 Å². The minimum Gasteiger partial charge on any atom is -0.495 e. The fraction of sp³-hybridized carbons (Fsp3) is 0.500. The standard InChI is InChI=1S/C14H19N3O/c1-18-14-8-12(9-15)2-3-13(14)17-10-11-4-6-16-7-5-11/h2-3,8,11,16-17H,4-7,10H2,1H3. The zero-order valence-electron chi connectivity index (χ0n) is 10.7. The topological polar surface area (TPSA) is 57.1 Å². The minimum atomic E-state index is 0.624. The second-order valence-electron chi connectivity index (χ2n) is 4.60. The number of anilines is 1. The fourth-order valence-electron chi connectivity index (χ4n) is 2.25. The van der Waals surface area contributed by atoms with E-state index in [2.05, 4.69) is 16.7 Å². The maximum absolute atomic E-state index is 8.85. The molecule has 0 bridgehead atoms. The van der Waals surface area contributed by atoms with Crippen LogP contribution < -0.4 is 15.4 Å². The molecule has 0 spiro atoms. The lowest BCUT2D eigenvalue weighted by Gasteiger charge is -2.23. The summed E-state index contributed by atoms with van der Waals surface area (Å²) in [5.74, 6) is 1.45. The van der Waals surface area contributed by atoms with Crippen molar-refractivity contribution in [2.24, 2.45) is 5.92 Å². The lowest BCUT2D eigenvalue weighted by molar-refractivity contribution is 0.387. The van der Waals surface area contributed by atoms with Gasteiger partial charge in [-0.05, 0) is 44.0 Å². The largest absolute Gasteiger partial charge is 0.495 e. The van der Waals surface area contributed by atoms with E-state index in [1.165, 1.54) is 12.8 Å². The third kappa shape index (κ3) is 3.14. The van der Waals surface area contributed by atoms with E-state index in [0.29, 0.717) is 11.5 Å². The SMILES string of the molecule is COc1cc(C#N)ccc1NCC1CCNCC1. The second-order valence-corrected chi connectivity index (χ2v) is 4.60. The van der Waals surface area contributed by atoms with Gasteiger partial charge in [0.25, 0.3) is 0 Å². The van der Waals surface area contributed by atoms with Crippen molar-refractivity contribution in [1.82, 2.24) is 5.32 Å². The predicted molar refractivity (Wildman–Crippen MR) is 71.8 cm³/mol. The number of methoxy groups -OCH3 is 1. The molecule has 1 saturated heterocycles. The van der Waals surface area contributed by atoms with Crippen molar-refractivity contribution < 1.29 is 4.74 Å². The molecule has 0 unspecified atom stereocenters. The molecule has 4 heteroatoms. The van der Waals surface area contributed by atoms with E-state index in [1.54, 1.807) is 13.2 Å². The van der Waals surface area contributed by atoms with Gasteiger partial charge in [0.15, 0.2) is 0 Å². The molecule has 1 heterocycles. The van der Waals surface area contributed by atoms with Crippen molar-refractivity contribution in [2.45, 2.75) is 12.8 Å². The Morgan fingerprint density at radius 3 is 2.89 bits per heavy atom. The van der Waals surface area contributed by atoms with E-state index >= 15 is 0 Å². The van der Waals surface area contributed by atoms with Crippen LogP contribution in [0.1, 0.15) is 18.4 Å². The normalized spacial score (nSPS) is 16.0. The molecule has 0 atom stereocenters. The Hall–Kier alpha value is -1.73. The van der Waals surface area contributed by atoms with Crippen LogP contribution in [0.2, 0.25) is 0 Å². The predicted octanol–water partition coefficient (Wildman–Crippen LogP) is 1.98. The Kier molecular flexibility index (Phi) is 4.43. The number of benzene rings is 1. The van der Waals surface area contributed by atoms with Crippen molar-refractivity contribution in [3.8, 4) is 11.8 Å². The minimum absolute atomic E-state index is 0.624. The molecule has 18 heavy (non-hydrogen) atoms. The molecule has 0 aliphatic carbocycles. The maximum atomic E-state index is 8.85. The zero-order valence-corrected chi connectivity index (χ0v) is 10.7. The van der Waals surface area contributed by atoms with Gasteiger partial charge in [0.05, 0.1) is 24.4 Å². The molecular weight excluding hydrogens is 226 g/mol. The maximum Gasteiger partial charge on any atom is 0.143 e. The molecule has 96 valence electrons. The molecule has 2 rings (SSSR count). The smallest absolute Gasteiger partial charge is 0.143 e. The lowest BCUT2D eigenvalue weighted by Crippen LogP contribution is -2.31. The summed E-state index contributed by atoms with van der Waals surface area (Å²) >= 11 is 0. The first-order valence-electron chi connectivity index (χ1n) is 6.36. The van der Waals surface area contributed by atoms with Crippen molar-refractivity contribution in [2.75, 3.05) is 32.1 Å². The third-order valence-corrected chi connectivity index (χ3v) is 3.37. The highest BCUT2D eigenvalue weighted by atomic mass is 16.5. The van der Waals surface area contributed by atoms with Crippen molar-refractivity contribution in [3.05, 3.63) is 23.8 Å². The first-order chi connectivity index (χ1) is 8.83. The Labute approximate surface area is 108 Å².